The minimum absolute atomic E-state index is 0.0561. The van der Waals surface area contributed by atoms with E-state index in [0.717, 1.165) is 25.7 Å². The maximum Gasteiger partial charge on any atom is 0.229 e. The Morgan fingerprint density at radius 1 is 1.18 bits per heavy atom. The van der Waals surface area contributed by atoms with Crippen molar-refractivity contribution >= 4 is 17.5 Å². The average molecular weight is 304 g/mol. The van der Waals surface area contributed by atoms with Crippen molar-refractivity contribution in [3.8, 4) is 0 Å². The predicted molar refractivity (Wildman–Crippen MR) is 81.7 cm³/mol. The van der Waals surface area contributed by atoms with Crippen molar-refractivity contribution in [1.82, 2.24) is 4.90 Å². The number of nitrogens with zero attached hydrogens (tertiary/aromatic N) is 1. The minimum Gasteiger partial charge on any atom is -0.339 e. The van der Waals surface area contributed by atoms with Crippen molar-refractivity contribution in [2.45, 2.75) is 44.6 Å². The number of hydrogen-bond donors (Lipinski definition) is 1. The molecule has 0 spiro atoms. The fraction of sp³-hybridized carbons (Fsp3) is 0.529. The Hall–Kier alpha value is -1.91. The largest absolute Gasteiger partial charge is 0.339 e. The Morgan fingerprint density at radius 2 is 1.91 bits per heavy atom. The van der Waals surface area contributed by atoms with E-state index in [-0.39, 0.29) is 35.9 Å². The molecule has 1 saturated heterocycles. The van der Waals surface area contributed by atoms with Crippen LogP contribution in [0.15, 0.2) is 24.3 Å². The second-order valence-corrected chi connectivity index (χ2v) is 6.21. The highest BCUT2D eigenvalue weighted by atomic mass is 19.1. The van der Waals surface area contributed by atoms with E-state index >= 15 is 0 Å². The van der Waals surface area contributed by atoms with Gasteiger partial charge in [0, 0.05) is 19.0 Å². The van der Waals surface area contributed by atoms with Gasteiger partial charge in [-0.25, -0.2) is 4.39 Å². The molecule has 2 aliphatic rings. The van der Waals surface area contributed by atoms with E-state index in [1.54, 1.807) is 12.1 Å². The molecule has 1 saturated carbocycles. The van der Waals surface area contributed by atoms with Crippen LogP contribution in [0.2, 0.25) is 0 Å². The summed E-state index contributed by atoms with van der Waals surface area (Å²) in [5.41, 5.74) is 0.177. The highest BCUT2D eigenvalue weighted by molar-refractivity contribution is 5.97. The van der Waals surface area contributed by atoms with Gasteiger partial charge in [-0.3, -0.25) is 9.59 Å². The van der Waals surface area contributed by atoms with Gasteiger partial charge < -0.3 is 10.2 Å². The molecule has 22 heavy (non-hydrogen) atoms. The Labute approximate surface area is 129 Å². The van der Waals surface area contributed by atoms with Gasteiger partial charge in [0.1, 0.15) is 5.82 Å². The maximum atomic E-state index is 13.6. The summed E-state index contributed by atoms with van der Waals surface area (Å²) in [5.74, 6) is -1.05. The van der Waals surface area contributed by atoms with Crippen LogP contribution >= 0.6 is 0 Å². The SMILES string of the molecule is O=C(Nc1ccccc1F)C1CC(=O)N(C2CCCCC2)C1. The van der Waals surface area contributed by atoms with E-state index in [1.807, 2.05) is 4.90 Å². The van der Waals surface area contributed by atoms with Crippen molar-refractivity contribution in [2.75, 3.05) is 11.9 Å². The van der Waals surface area contributed by atoms with Gasteiger partial charge >= 0.3 is 0 Å². The summed E-state index contributed by atoms with van der Waals surface area (Å²) in [4.78, 5) is 26.3. The topological polar surface area (TPSA) is 49.4 Å². The number of amides is 2. The standard InChI is InChI=1S/C17H21FN2O2/c18-14-8-4-5-9-15(14)19-17(22)12-10-16(21)20(11-12)13-6-2-1-3-7-13/h4-5,8-9,12-13H,1-3,6-7,10-11H2,(H,19,22). The lowest BCUT2D eigenvalue weighted by atomic mass is 9.94. The number of para-hydroxylation sites is 1. The van der Waals surface area contributed by atoms with E-state index in [2.05, 4.69) is 5.32 Å². The lowest BCUT2D eigenvalue weighted by molar-refractivity contribution is -0.130. The van der Waals surface area contributed by atoms with E-state index < -0.39 is 5.82 Å². The zero-order chi connectivity index (χ0) is 15.5. The highest BCUT2D eigenvalue weighted by Gasteiger charge is 2.38. The van der Waals surface area contributed by atoms with Crippen LogP contribution in [0.4, 0.5) is 10.1 Å². The smallest absolute Gasteiger partial charge is 0.229 e. The molecule has 0 bridgehead atoms. The summed E-state index contributed by atoms with van der Waals surface area (Å²) in [5, 5.41) is 2.60. The molecule has 1 aromatic carbocycles. The second-order valence-electron chi connectivity index (χ2n) is 6.21. The zero-order valence-corrected chi connectivity index (χ0v) is 12.6. The Bertz CT molecular complexity index is 570. The summed E-state index contributed by atoms with van der Waals surface area (Å²) in [6, 6.07) is 6.38. The molecule has 2 amide bonds. The van der Waals surface area contributed by atoms with Gasteiger partial charge in [0.25, 0.3) is 0 Å². The molecule has 0 radical (unpaired) electrons. The third-order valence-electron chi connectivity index (χ3n) is 4.68. The second kappa shape index (κ2) is 6.46. The molecular formula is C17H21FN2O2. The minimum atomic E-state index is -0.454. The molecule has 2 fully saturated rings. The van der Waals surface area contributed by atoms with Crippen LogP contribution in [-0.2, 0) is 9.59 Å². The van der Waals surface area contributed by atoms with Gasteiger partial charge in [-0.1, -0.05) is 31.4 Å². The van der Waals surface area contributed by atoms with Crippen LogP contribution in [0.1, 0.15) is 38.5 Å². The van der Waals surface area contributed by atoms with Crippen molar-refractivity contribution in [3.05, 3.63) is 30.1 Å². The number of likely N-dealkylation sites (tertiary alicyclic amines) is 1. The van der Waals surface area contributed by atoms with Gasteiger partial charge in [0.2, 0.25) is 11.8 Å². The first-order chi connectivity index (χ1) is 10.6. The number of carbonyl (C=O) groups excluding carboxylic acids is 2. The van der Waals surface area contributed by atoms with Crippen molar-refractivity contribution in [3.63, 3.8) is 0 Å². The average Bonchev–Trinajstić information content (AvgIpc) is 2.92. The van der Waals surface area contributed by atoms with E-state index in [1.165, 1.54) is 18.6 Å². The third kappa shape index (κ3) is 3.13. The Kier molecular flexibility index (Phi) is 4.41. The van der Waals surface area contributed by atoms with Crippen LogP contribution in [0.3, 0.4) is 0 Å². The molecular weight excluding hydrogens is 283 g/mol. The van der Waals surface area contributed by atoms with E-state index in [4.69, 9.17) is 0 Å². The first-order valence-corrected chi connectivity index (χ1v) is 8.00. The molecule has 1 N–H and O–H groups in total. The number of hydrogen-bond acceptors (Lipinski definition) is 2. The fourth-order valence-electron chi connectivity index (χ4n) is 3.45. The summed E-state index contributed by atoms with van der Waals surface area (Å²) in [6.07, 6.45) is 5.84. The monoisotopic (exact) mass is 304 g/mol. The molecule has 118 valence electrons. The van der Waals surface area contributed by atoms with Crippen molar-refractivity contribution in [2.24, 2.45) is 5.92 Å². The lowest BCUT2D eigenvalue weighted by Gasteiger charge is -2.31. The molecule has 4 nitrogen and oxygen atoms in total. The van der Waals surface area contributed by atoms with Crippen LogP contribution in [-0.4, -0.2) is 29.3 Å². The maximum absolute atomic E-state index is 13.6. The van der Waals surface area contributed by atoms with Crippen LogP contribution in [0, 0.1) is 11.7 Å². The van der Waals surface area contributed by atoms with Crippen LogP contribution < -0.4 is 5.32 Å². The summed E-state index contributed by atoms with van der Waals surface area (Å²) in [6.45, 7) is 0.462. The van der Waals surface area contributed by atoms with Gasteiger partial charge in [0.05, 0.1) is 11.6 Å². The van der Waals surface area contributed by atoms with Gasteiger partial charge in [-0.2, -0.15) is 0 Å². The molecule has 1 aromatic rings. The number of benzene rings is 1. The number of anilines is 1. The Balaban J connectivity index is 1.62. The fourth-order valence-corrected chi connectivity index (χ4v) is 3.45. The molecule has 1 unspecified atom stereocenters. The third-order valence-corrected chi connectivity index (χ3v) is 4.68. The first-order valence-electron chi connectivity index (χ1n) is 8.00. The normalized spacial score (nSPS) is 22.9. The summed E-state index contributed by atoms with van der Waals surface area (Å²) >= 11 is 0. The molecule has 1 aliphatic heterocycles. The molecule has 3 rings (SSSR count). The van der Waals surface area contributed by atoms with Gasteiger partial charge in [-0.05, 0) is 25.0 Å². The van der Waals surface area contributed by atoms with E-state index in [9.17, 15) is 14.0 Å². The zero-order valence-electron chi connectivity index (χ0n) is 12.6. The number of halogens is 1. The van der Waals surface area contributed by atoms with E-state index in [0.29, 0.717) is 6.54 Å². The van der Waals surface area contributed by atoms with Crippen LogP contribution in [0.5, 0.6) is 0 Å². The number of rotatable bonds is 3. The van der Waals surface area contributed by atoms with Crippen LogP contribution in [0.25, 0.3) is 0 Å². The van der Waals surface area contributed by atoms with Gasteiger partial charge in [0.15, 0.2) is 0 Å². The molecule has 1 aliphatic carbocycles. The van der Waals surface area contributed by atoms with Crippen molar-refractivity contribution < 1.29 is 14.0 Å². The molecule has 0 aromatic heterocycles. The quantitative estimate of drug-likeness (QED) is 0.933. The van der Waals surface area contributed by atoms with Gasteiger partial charge in [-0.15, -0.1) is 0 Å². The summed E-state index contributed by atoms with van der Waals surface area (Å²) < 4.78 is 13.6. The number of carbonyl (C=O) groups is 2. The molecule has 1 atom stereocenters. The molecule has 1 heterocycles. The predicted octanol–water partition coefficient (Wildman–Crippen LogP) is 2.95. The molecule has 5 heteroatoms. The summed E-state index contributed by atoms with van der Waals surface area (Å²) in [7, 11) is 0. The lowest BCUT2D eigenvalue weighted by Crippen LogP contribution is -2.38. The van der Waals surface area contributed by atoms with Crippen molar-refractivity contribution in [1.29, 1.82) is 0 Å². The first kappa shape index (κ1) is 15.0. The highest BCUT2D eigenvalue weighted by Crippen LogP contribution is 2.29. The Morgan fingerprint density at radius 3 is 2.64 bits per heavy atom. The number of nitrogens with one attached hydrogen (secondary N) is 1.